The van der Waals surface area contributed by atoms with Crippen molar-refractivity contribution in [2.24, 2.45) is 7.05 Å². The number of fused-ring (bicyclic) bond motifs is 2. The molecule has 30 heavy (non-hydrogen) atoms. The van der Waals surface area contributed by atoms with Crippen LogP contribution in [0, 0.1) is 0 Å². The van der Waals surface area contributed by atoms with E-state index in [1.54, 1.807) is 18.5 Å². The zero-order valence-electron chi connectivity index (χ0n) is 15.9. The number of hydrogen-bond donors (Lipinski definition) is 0. The van der Waals surface area contributed by atoms with Crippen LogP contribution < -0.4 is 0 Å². The molecule has 1 saturated carbocycles. The number of alkyl halides is 3. The molecule has 0 N–H and O–H groups in total. The Bertz CT molecular complexity index is 1410. The van der Waals surface area contributed by atoms with Gasteiger partial charge < -0.3 is 4.57 Å². The molecule has 0 atom stereocenters. The van der Waals surface area contributed by atoms with Crippen molar-refractivity contribution in [3.63, 3.8) is 0 Å². The highest BCUT2D eigenvalue weighted by Crippen LogP contribution is 2.52. The van der Waals surface area contributed by atoms with Crippen molar-refractivity contribution in [3.8, 4) is 10.7 Å². The Labute approximate surface area is 178 Å². The van der Waals surface area contributed by atoms with Crippen LogP contribution in [0.15, 0.2) is 22.5 Å². The highest BCUT2D eigenvalue weighted by atomic mass is 32.2. The second-order valence-electron chi connectivity index (χ2n) is 7.34. The number of thiophene rings is 2. The standard InChI is InChI=1S/C19H16F3N3O2S3/c1-3-30(26,27)17-15-14(10(8-28-15)9-4-5-9)29-16(17)18-24-11-6-13(19(20,21)22)23-7-12(11)25(18)2/h6-9H,3-5H2,1-2H3. The molecule has 158 valence electrons. The average molecular weight is 472 g/mol. The van der Waals surface area contributed by atoms with Crippen LogP contribution in [0.5, 0.6) is 0 Å². The van der Waals surface area contributed by atoms with Gasteiger partial charge in [-0.1, -0.05) is 6.92 Å². The number of halogens is 3. The van der Waals surface area contributed by atoms with Gasteiger partial charge in [-0.05, 0) is 35.8 Å². The first-order valence-corrected chi connectivity index (χ1v) is 12.6. The van der Waals surface area contributed by atoms with Gasteiger partial charge in [-0.15, -0.1) is 22.7 Å². The first-order valence-electron chi connectivity index (χ1n) is 9.28. The van der Waals surface area contributed by atoms with Crippen molar-refractivity contribution < 1.29 is 21.6 Å². The van der Waals surface area contributed by atoms with Crippen LogP contribution in [0.4, 0.5) is 13.2 Å². The second-order valence-corrected chi connectivity index (χ2v) is 11.5. The summed E-state index contributed by atoms with van der Waals surface area (Å²) in [5.74, 6) is 0.737. The van der Waals surface area contributed by atoms with E-state index < -0.39 is 21.7 Å². The molecule has 0 saturated heterocycles. The van der Waals surface area contributed by atoms with Gasteiger partial charge in [0.25, 0.3) is 0 Å². The van der Waals surface area contributed by atoms with Crippen molar-refractivity contribution in [1.29, 1.82) is 0 Å². The molecule has 4 heterocycles. The van der Waals surface area contributed by atoms with E-state index in [4.69, 9.17) is 0 Å². The monoisotopic (exact) mass is 471 g/mol. The molecule has 1 fully saturated rings. The number of aryl methyl sites for hydroxylation is 1. The number of nitrogens with zero attached hydrogens (tertiary/aromatic N) is 3. The molecule has 0 bridgehead atoms. The molecular weight excluding hydrogens is 455 g/mol. The fourth-order valence-electron chi connectivity index (χ4n) is 3.57. The first-order chi connectivity index (χ1) is 14.1. The van der Waals surface area contributed by atoms with Crippen LogP contribution >= 0.6 is 22.7 Å². The van der Waals surface area contributed by atoms with Gasteiger partial charge >= 0.3 is 6.18 Å². The fraction of sp³-hybridized carbons (Fsp3) is 0.368. The third kappa shape index (κ3) is 2.97. The molecule has 0 radical (unpaired) electrons. The zero-order chi connectivity index (χ0) is 21.4. The minimum absolute atomic E-state index is 0.0633. The Morgan fingerprint density at radius 3 is 2.63 bits per heavy atom. The number of hydrogen-bond acceptors (Lipinski definition) is 6. The van der Waals surface area contributed by atoms with Gasteiger partial charge in [0.05, 0.1) is 37.3 Å². The molecule has 0 aliphatic heterocycles. The van der Waals surface area contributed by atoms with Crippen LogP contribution in [-0.4, -0.2) is 28.7 Å². The number of sulfone groups is 1. The van der Waals surface area contributed by atoms with Gasteiger partial charge in [0.1, 0.15) is 10.6 Å². The maximum absolute atomic E-state index is 13.1. The van der Waals surface area contributed by atoms with E-state index in [0.717, 1.165) is 34.5 Å². The van der Waals surface area contributed by atoms with Crippen molar-refractivity contribution in [2.45, 2.75) is 36.8 Å². The summed E-state index contributed by atoms with van der Waals surface area (Å²) in [6.07, 6.45) is -1.26. The van der Waals surface area contributed by atoms with Crippen LogP contribution in [-0.2, 0) is 23.1 Å². The highest BCUT2D eigenvalue weighted by Gasteiger charge is 2.35. The van der Waals surface area contributed by atoms with Gasteiger partial charge in [-0.3, -0.25) is 0 Å². The SMILES string of the molecule is CCS(=O)(=O)c1c(-c2nc3cc(C(F)(F)F)ncc3n2C)sc2c(C3CC3)csc12. The molecule has 0 unspecified atom stereocenters. The largest absolute Gasteiger partial charge is 0.433 e. The summed E-state index contributed by atoms with van der Waals surface area (Å²) in [5, 5.41) is 2.03. The van der Waals surface area contributed by atoms with Crippen LogP contribution in [0.3, 0.4) is 0 Å². The maximum Gasteiger partial charge on any atom is 0.433 e. The van der Waals surface area contributed by atoms with Crippen molar-refractivity contribution in [1.82, 2.24) is 14.5 Å². The number of pyridine rings is 1. The molecule has 0 spiro atoms. The van der Waals surface area contributed by atoms with Crippen LogP contribution in [0.2, 0.25) is 0 Å². The molecule has 0 aromatic carbocycles. The van der Waals surface area contributed by atoms with E-state index in [-0.39, 0.29) is 16.2 Å². The summed E-state index contributed by atoms with van der Waals surface area (Å²) in [7, 11) is -1.90. The Morgan fingerprint density at radius 1 is 1.27 bits per heavy atom. The van der Waals surface area contributed by atoms with Gasteiger partial charge in [0.2, 0.25) is 0 Å². The molecule has 0 amide bonds. The highest BCUT2D eigenvalue weighted by molar-refractivity contribution is 7.92. The van der Waals surface area contributed by atoms with E-state index in [2.05, 4.69) is 9.97 Å². The van der Waals surface area contributed by atoms with E-state index >= 15 is 0 Å². The molecule has 5 rings (SSSR count). The lowest BCUT2D eigenvalue weighted by Gasteiger charge is -2.05. The predicted molar refractivity (Wildman–Crippen MR) is 112 cm³/mol. The number of aromatic nitrogens is 3. The molecule has 5 nitrogen and oxygen atoms in total. The topological polar surface area (TPSA) is 64.8 Å². The quantitative estimate of drug-likeness (QED) is 0.389. The smallest absolute Gasteiger partial charge is 0.325 e. The van der Waals surface area contributed by atoms with E-state index in [0.29, 0.717) is 22.1 Å². The van der Waals surface area contributed by atoms with Crippen LogP contribution in [0.1, 0.15) is 36.9 Å². The third-order valence-corrected chi connectivity index (χ3v) is 9.79. The predicted octanol–water partition coefficient (Wildman–Crippen LogP) is 5.60. The zero-order valence-corrected chi connectivity index (χ0v) is 18.4. The summed E-state index contributed by atoms with van der Waals surface area (Å²) in [5.41, 5.74) is 0.689. The molecule has 4 aromatic rings. The Balaban J connectivity index is 1.79. The molecule has 1 aliphatic carbocycles. The molecule has 4 aromatic heterocycles. The minimum atomic E-state index is -4.58. The number of rotatable bonds is 4. The lowest BCUT2D eigenvalue weighted by molar-refractivity contribution is -0.141. The maximum atomic E-state index is 13.1. The second kappa shape index (κ2) is 6.51. The summed E-state index contributed by atoms with van der Waals surface area (Å²) in [6, 6.07) is 0.901. The lowest BCUT2D eigenvalue weighted by atomic mass is 10.2. The Hall–Kier alpha value is -1.98. The molecule has 11 heteroatoms. The van der Waals surface area contributed by atoms with E-state index in [1.165, 1.54) is 28.2 Å². The Kier molecular flexibility index (Phi) is 4.33. The summed E-state index contributed by atoms with van der Waals surface area (Å²) in [4.78, 5) is 8.64. The minimum Gasteiger partial charge on any atom is -0.325 e. The van der Waals surface area contributed by atoms with Crippen molar-refractivity contribution in [3.05, 3.63) is 28.9 Å². The Morgan fingerprint density at radius 2 is 2.00 bits per heavy atom. The van der Waals surface area contributed by atoms with Crippen LogP contribution in [0.25, 0.3) is 31.1 Å². The normalized spacial score (nSPS) is 15.5. The molecule has 1 aliphatic rings. The van der Waals surface area contributed by atoms with Gasteiger partial charge in [-0.25, -0.2) is 18.4 Å². The summed E-state index contributed by atoms with van der Waals surface area (Å²) >= 11 is 2.78. The third-order valence-electron chi connectivity index (χ3n) is 5.36. The summed E-state index contributed by atoms with van der Waals surface area (Å²) < 4.78 is 68.5. The van der Waals surface area contributed by atoms with Gasteiger partial charge in [-0.2, -0.15) is 13.2 Å². The molecular formula is C19H16F3N3O2S3. The summed E-state index contributed by atoms with van der Waals surface area (Å²) in [6.45, 7) is 1.59. The lowest BCUT2D eigenvalue weighted by Crippen LogP contribution is -2.07. The van der Waals surface area contributed by atoms with E-state index in [9.17, 15) is 21.6 Å². The first kappa shape index (κ1) is 20.0. The average Bonchev–Trinajstić information content (AvgIpc) is 3.21. The number of imidazole rings is 1. The van der Waals surface area contributed by atoms with Gasteiger partial charge in [0, 0.05) is 7.05 Å². The van der Waals surface area contributed by atoms with Crippen molar-refractivity contribution >= 4 is 52.9 Å². The van der Waals surface area contributed by atoms with Crippen molar-refractivity contribution in [2.75, 3.05) is 5.75 Å². The van der Waals surface area contributed by atoms with Gasteiger partial charge in [0.15, 0.2) is 15.7 Å². The van der Waals surface area contributed by atoms with E-state index in [1.807, 2.05) is 5.38 Å². The fourth-order valence-corrected chi connectivity index (χ4v) is 8.32.